The predicted molar refractivity (Wildman–Crippen MR) is 77.0 cm³/mol. The van der Waals surface area contributed by atoms with Crippen LogP contribution in [-0.4, -0.2) is 54.5 Å². The molecule has 4 nitrogen and oxygen atoms in total. The third kappa shape index (κ3) is 3.88. The van der Waals surface area contributed by atoms with Crippen LogP contribution in [0.2, 0.25) is 0 Å². The summed E-state index contributed by atoms with van der Waals surface area (Å²) in [7, 11) is 2.14. The van der Waals surface area contributed by atoms with Gasteiger partial charge in [0.1, 0.15) is 6.17 Å². The summed E-state index contributed by atoms with van der Waals surface area (Å²) in [5, 5.41) is 0. The number of alkyl halides is 1. The van der Waals surface area contributed by atoms with Crippen molar-refractivity contribution in [2.24, 2.45) is 11.7 Å². The Hall–Kier alpha value is -0.230. The maximum Gasteiger partial charge on any atom is 0.157 e. The molecule has 1 rings (SSSR count). The maximum absolute atomic E-state index is 13.7. The molecule has 0 bridgehead atoms. The Labute approximate surface area is 117 Å². The van der Waals surface area contributed by atoms with Crippen molar-refractivity contribution in [1.29, 1.82) is 0 Å². The quantitative estimate of drug-likeness (QED) is 0.670. The molecule has 1 aliphatic heterocycles. The summed E-state index contributed by atoms with van der Waals surface area (Å²) in [6.45, 7) is 7.36. The molecule has 1 fully saturated rings. The number of nitrogens with two attached hydrogens (primary N) is 1. The number of halogens is 1. The maximum atomic E-state index is 13.7. The molecule has 0 radical (unpaired) electrons. The molecule has 0 saturated carbocycles. The van der Waals surface area contributed by atoms with Gasteiger partial charge in [0.25, 0.3) is 0 Å². The molecule has 0 aromatic carbocycles. The molecule has 0 aliphatic carbocycles. The Morgan fingerprint density at radius 2 is 2.11 bits per heavy atom. The van der Waals surface area contributed by atoms with Gasteiger partial charge in [-0.2, -0.15) is 0 Å². The van der Waals surface area contributed by atoms with E-state index in [0.717, 1.165) is 19.4 Å². The summed E-state index contributed by atoms with van der Waals surface area (Å²) in [4.78, 5) is 4.53. The largest absolute Gasteiger partial charge is 0.341 e. The first-order chi connectivity index (χ1) is 8.93. The highest BCUT2D eigenvalue weighted by molar-refractivity contribution is 4.86. The van der Waals surface area contributed by atoms with Crippen LogP contribution in [-0.2, 0) is 0 Å². The van der Waals surface area contributed by atoms with Crippen LogP contribution in [0.4, 0.5) is 4.39 Å². The zero-order valence-corrected chi connectivity index (χ0v) is 13.0. The van der Waals surface area contributed by atoms with Crippen LogP contribution in [0.15, 0.2) is 0 Å². The minimum absolute atomic E-state index is 0.0273. The molecule has 0 aromatic rings. The molecular weight excluding hydrogens is 243 g/mol. The fourth-order valence-corrected chi connectivity index (χ4v) is 3.54. The van der Waals surface area contributed by atoms with Crippen LogP contribution in [0.3, 0.4) is 0 Å². The van der Waals surface area contributed by atoms with E-state index in [9.17, 15) is 4.39 Å². The molecule has 1 saturated heterocycles. The molecule has 5 heteroatoms. The lowest BCUT2D eigenvalue weighted by molar-refractivity contribution is -0.472. The Kier molecular flexibility index (Phi) is 6.66. The van der Waals surface area contributed by atoms with E-state index in [1.54, 1.807) is 6.92 Å². The van der Waals surface area contributed by atoms with E-state index < -0.39 is 6.17 Å². The number of likely N-dealkylation sites (tertiary alicyclic amines) is 1. The van der Waals surface area contributed by atoms with Crippen LogP contribution < -0.4 is 11.5 Å². The van der Waals surface area contributed by atoms with Crippen molar-refractivity contribution in [3.8, 4) is 0 Å². The summed E-state index contributed by atoms with van der Waals surface area (Å²) in [5.41, 5.74) is 10.2. The number of nitrogens with zero attached hydrogens (tertiary/aromatic N) is 2. The van der Waals surface area contributed by atoms with Gasteiger partial charge in [0, 0.05) is 12.0 Å². The number of hydrogen-bond acceptors (Lipinski definition) is 3. The van der Waals surface area contributed by atoms with Gasteiger partial charge in [-0.15, -0.1) is 0 Å². The minimum Gasteiger partial charge on any atom is -0.341 e. The lowest BCUT2D eigenvalue weighted by atomic mass is 9.92. The second kappa shape index (κ2) is 7.53. The smallest absolute Gasteiger partial charge is 0.157 e. The highest BCUT2D eigenvalue weighted by Crippen LogP contribution is 2.24. The van der Waals surface area contributed by atoms with Gasteiger partial charge in [0.2, 0.25) is 0 Å². The van der Waals surface area contributed by atoms with Crippen molar-refractivity contribution >= 4 is 0 Å². The van der Waals surface area contributed by atoms with Crippen LogP contribution in [0, 0.1) is 5.92 Å². The third-order valence-corrected chi connectivity index (χ3v) is 4.86. The van der Waals surface area contributed by atoms with Crippen molar-refractivity contribution in [1.82, 2.24) is 9.80 Å². The average Bonchev–Trinajstić information content (AvgIpc) is 2.76. The van der Waals surface area contributed by atoms with E-state index in [1.807, 2.05) is 6.92 Å². The fraction of sp³-hybridized carbons (Fsp3) is 1.00. The number of quaternary nitrogens is 1. The number of rotatable bonds is 7. The van der Waals surface area contributed by atoms with Gasteiger partial charge in [-0.25, -0.2) is 9.29 Å². The highest BCUT2D eigenvalue weighted by atomic mass is 19.1. The molecule has 1 heterocycles. The van der Waals surface area contributed by atoms with Crippen LogP contribution >= 0.6 is 0 Å². The van der Waals surface area contributed by atoms with E-state index in [0.29, 0.717) is 12.7 Å². The second-order valence-electron chi connectivity index (χ2n) is 5.94. The topological polar surface area (TPSA) is 60.1 Å². The molecule has 0 aromatic heterocycles. The fourth-order valence-electron chi connectivity index (χ4n) is 3.54. The third-order valence-electron chi connectivity index (χ3n) is 4.86. The standard InChI is InChI=1S/C14H31FN4/c1-5-12(10(2)15)11(3)19(9-16)14(17)13-7-6-8-18(13)4/h10-14H,5-9,16-17H2,1-4H3/p+1. The summed E-state index contributed by atoms with van der Waals surface area (Å²) in [5.74, 6) is 0.0273. The number of likely N-dealkylation sites (N-methyl/N-ethyl adjacent to an activating group) is 1. The molecule has 5 atom stereocenters. The van der Waals surface area contributed by atoms with E-state index >= 15 is 0 Å². The van der Waals surface area contributed by atoms with Gasteiger partial charge in [-0.3, -0.25) is 4.90 Å². The second-order valence-corrected chi connectivity index (χ2v) is 5.94. The van der Waals surface area contributed by atoms with E-state index in [4.69, 9.17) is 5.73 Å². The SMILES string of the molecule is CCC(C(C)F)C(C)N(CN)C([NH3+])C1CCCN1C. The van der Waals surface area contributed by atoms with E-state index in [1.165, 1.54) is 6.42 Å². The molecule has 19 heavy (non-hydrogen) atoms. The molecule has 5 unspecified atom stereocenters. The lowest BCUT2D eigenvalue weighted by Crippen LogP contribution is -2.77. The van der Waals surface area contributed by atoms with Gasteiger partial charge in [-0.1, -0.05) is 6.92 Å². The Balaban J connectivity index is 2.75. The first kappa shape index (κ1) is 16.8. The summed E-state index contributed by atoms with van der Waals surface area (Å²) < 4.78 is 13.7. The molecular formula is C14H32FN4+. The van der Waals surface area contributed by atoms with Gasteiger partial charge in [0.15, 0.2) is 6.17 Å². The van der Waals surface area contributed by atoms with E-state index in [2.05, 4.69) is 29.5 Å². The summed E-state index contributed by atoms with van der Waals surface area (Å²) in [6, 6.07) is 0.574. The van der Waals surface area contributed by atoms with Crippen molar-refractivity contribution in [2.45, 2.75) is 64.5 Å². The minimum atomic E-state index is -0.803. The van der Waals surface area contributed by atoms with E-state index in [-0.39, 0.29) is 18.1 Å². The zero-order valence-electron chi connectivity index (χ0n) is 13.0. The first-order valence-electron chi connectivity index (χ1n) is 7.57. The first-order valence-corrected chi connectivity index (χ1v) is 7.57. The molecule has 5 N–H and O–H groups in total. The molecule has 0 spiro atoms. The van der Waals surface area contributed by atoms with Crippen molar-refractivity contribution in [3.63, 3.8) is 0 Å². The van der Waals surface area contributed by atoms with Gasteiger partial charge < -0.3 is 11.5 Å². The van der Waals surface area contributed by atoms with Crippen LogP contribution in [0.25, 0.3) is 0 Å². The highest BCUT2D eigenvalue weighted by Gasteiger charge is 2.37. The van der Waals surface area contributed by atoms with Gasteiger partial charge in [-0.05, 0) is 46.7 Å². The normalized spacial score (nSPS) is 27.5. The monoisotopic (exact) mass is 275 g/mol. The molecule has 0 amide bonds. The van der Waals surface area contributed by atoms with Gasteiger partial charge in [0.05, 0.1) is 12.7 Å². The van der Waals surface area contributed by atoms with Crippen molar-refractivity contribution in [3.05, 3.63) is 0 Å². The Morgan fingerprint density at radius 1 is 1.47 bits per heavy atom. The number of hydrogen-bond donors (Lipinski definition) is 2. The van der Waals surface area contributed by atoms with Gasteiger partial charge >= 0.3 is 0 Å². The van der Waals surface area contributed by atoms with Crippen LogP contribution in [0.1, 0.15) is 40.0 Å². The zero-order chi connectivity index (χ0) is 14.6. The molecule has 1 aliphatic rings. The summed E-state index contributed by atoms with van der Waals surface area (Å²) >= 11 is 0. The average molecular weight is 275 g/mol. The Morgan fingerprint density at radius 3 is 2.47 bits per heavy atom. The molecule has 114 valence electrons. The lowest BCUT2D eigenvalue weighted by Gasteiger charge is -2.39. The van der Waals surface area contributed by atoms with Crippen molar-refractivity contribution < 1.29 is 10.1 Å². The van der Waals surface area contributed by atoms with Crippen molar-refractivity contribution in [2.75, 3.05) is 20.3 Å². The Bertz CT molecular complexity index is 254. The summed E-state index contributed by atoms with van der Waals surface area (Å²) in [6.07, 6.45) is 2.55. The predicted octanol–water partition coefficient (Wildman–Crippen LogP) is 0.640. The van der Waals surface area contributed by atoms with Crippen LogP contribution in [0.5, 0.6) is 0 Å².